The Balaban J connectivity index is 1.53. The van der Waals surface area contributed by atoms with E-state index in [9.17, 15) is 28.3 Å². The molecule has 4 rings (SSSR count). The van der Waals surface area contributed by atoms with E-state index in [-0.39, 0.29) is 34.2 Å². The molecule has 0 aliphatic carbocycles. The van der Waals surface area contributed by atoms with Crippen LogP contribution in [0.15, 0.2) is 22.0 Å². The molecule has 0 spiro atoms. The lowest BCUT2D eigenvalue weighted by Gasteiger charge is -2.49. The fourth-order valence-corrected chi connectivity index (χ4v) is 5.79. The number of nitrogen functional groups attached to an aromatic ring is 1. The molecule has 164 valence electrons. The molecule has 5 N–H and O–H groups in total. The summed E-state index contributed by atoms with van der Waals surface area (Å²) in [6, 6.07) is -0.982. The molecule has 0 bridgehead atoms. The van der Waals surface area contributed by atoms with Gasteiger partial charge < -0.3 is 16.2 Å². The summed E-state index contributed by atoms with van der Waals surface area (Å²) in [5.41, 5.74) is 6.03. The third-order valence-corrected chi connectivity index (χ3v) is 7.42. The van der Waals surface area contributed by atoms with Crippen molar-refractivity contribution in [3.63, 3.8) is 0 Å². The topological polar surface area (TPSA) is 167 Å². The number of anilines is 1. The van der Waals surface area contributed by atoms with Crippen LogP contribution in [0.4, 0.5) is 14.6 Å². The zero-order valence-corrected chi connectivity index (χ0v) is 17.7. The molecular formula is C15H13F2N7O4S3. The second-order valence-electron chi connectivity index (χ2n) is 6.23. The number of carboxylic acid groups (broad SMARTS) is 1. The molecule has 0 saturated carbocycles. The summed E-state index contributed by atoms with van der Waals surface area (Å²) in [6.45, 7) is 0. The summed E-state index contributed by atoms with van der Waals surface area (Å²) in [6.07, 6.45) is 1.47. The van der Waals surface area contributed by atoms with Gasteiger partial charge in [-0.3, -0.25) is 19.6 Å². The monoisotopic (exact) mass is 489 g/mol. The van der Waals surface area contributed by atoms with E-state index in [4.69, 9.17) is 5.73 Å². The molecule has 0 aromatic carbocycles. The SMILES string of the molecule is Nc1nc(SC2=C(C(=O)O)N3C(=O)C(NC(=O)CSC(F)F)[C@H]3SC2)nc2[nH]ncc12. The molecule has 4 heterocycles. The van der Waals surface area contributed by atoms with Gasteiger partial charge in [-0.25, -0.2) is 14.8 Å². The second kappa shape index (κ2) is 8.51. The van der Waals surface area contributed by atoms with E-state index >= 15 is 0 Å². The van der Waals surface area contributed by atoms with Gasteiger partial charge in [-0.1, -0.05) is 23.5 Å². The minimum absolute atomic E-state index is 0.141. The summed E-state index contributed by atoms with van der Waals surface area (Å²) < 4.78 is 24.5. The number of carbonyl (C=O) groups excluding carboxylic acids is 2. The standard InChI is InChI=1S/C15H13F2N7O4S3/c16-14(17)30-3-6(25)20-7-11(26)24-8(13(27)28)5(2-29-12(7)24)31-15-21-9(18)4-1-19-23-10(4)22-15/h1,7,12,14H,2-3H2,(H,20,25)(H,27,28)(H3,18,19,21,22,23)/t7?,12-/m1/s1. The van der Waals surface area contributed by atoms with Crippen LogP contribution < -0.4 is 11.1 Å². The predicted octanol–water partition coefficient (Wildman–Crippen LogP) is 0.679. The number of nitrogens with zero attached hydrogens (tertiary/aromatic N) is 4. The average molecular weight is 490 g/mol. The molecule has 31 heavy (non-hydrogen) atoms. The van der Waals surface area contributed by atoms with Crippen LogP contribution >= 0.6 is 35.3 Å². The maximum Gasteiger partial charge on any atom is 0.353 e. The molecular weight excluding hydrogens is 476 g/mol. The predicted molar refractivity (Wildman–Crippen MR) is 110 cm³/mol. The molecule has 2 aromatic rings. The highest BCUT2D eigenvalue weighted by atomic mass is 32.2. The van der Waals surface area contributed by atoms with Crippen LogP contribution in [0.1, 0.15) is 0 Å². The Morgan fingerprint density at radius 1 is 1.45 bits per heavy atom. The van der Waals surface area contributed by atoms with E-state index in [1.165, 1.54) is 18.0 Å². The van der Waals surface area contributed by atoms with Crippen LogP contribution in [-0.4, -0.2) is 76.6 Å². The average Bonchev–Trinajstić information content (AvgIpc) is 3.19. The fraction of sp³-hybridized carbons (Fsp3) is 0.333. The highest BCUT2D eigenvalue weighted by molar-refractivity contribution is 8.06. The number of fused-ring (bicyclic) bond motifs is 2. The summed E-state index contributed by atoms with van der Waals surface area (Å²) in [4.78, 5) is 46.0. The van der Waals surface area contributed by atoms with Gasteiger partial charge in [0.05, 0.1) is 17.3 Å². The van der Waals surface area contributed by atoms with Crippen molar-refractivity contribution in [3.05, 3.63) is 16.8 Å². The third kappa shape index (κ3) is 4.14. The minimum atomic E-state index is -2.71. The Kier molecular flexibility index (Phi) is 5.94. The van der Waals surface area contributed by atoms with Crippen LogP contribution in [0.5, 0.6) is 0 Å². The lowest BCUT2D eigenvalue weighted by molar-refractivity contribution is -0.150. The number of carbonyl (C=O) groups is 3. The van der Waals surface area contributed by atoms with E-state index in [1.807, 2.05) is 0 Å². The Morgan fingerprint density at radius 3 is 2.94 bits per heavy atom. The molecule has 2 atom stereocenters. The highest BCUT2D eigenvalue weighted by Gasteiger charge is 2.54. The third-order valence-electron chi connectivity index (χ3n) is 4.33. The number of nitrogens with two attached hydrogens (primary N) is 1. The number of amides is 2. The zero-order chi connectivity index (χ0) is 22.3. The molecule has 1 saturated heterocycles. The number of rotatable bonds is 7. The molecule has 16 heteroatoms. The van der Waals surface area contributed by atoms with Crippen molar-refractivity contribution in [1.29, 1.82) is 0 Å². The number of aliphatic carboxylic acids is 1. The van der Waals surface area contributed by atoms with Crippen LogP contribution in [0.3, 0.4) is 0 Å². The highest BCUT2D eigenvalue weighted by Crippen LogP contribution is 2.44. The first-order valence-corrected chi connectivity index (χ1v) is 11.4. The smallest absolute Gasteiger partial charge is 0.353 e. The number of aromatic nitrogens is 4. The van der Waals surface area contributed by atoms with Crippen molar-refractivity contribution in [2.45, 2.75) is 22.3 Å². The molecule has 2 aliphatic rings. The van der Waals surface area contributed by atoms with Crippen molar-refractivity contribution in [1.82, 2.24) is 30.4 Å². The Bertz CT molecular complexity index is 1110. The molecule has 0 radical (unpaired) electrons. The molecule has 1 unspecified atom stereocenters. The quantitative estimate of drug-likeness (QED) is 0.319. The van der Waals surface area contributed by atoms with E-state index in [2.05, 4.69) is 25.5 Å². The van der Waals surface area contributed by atoms with Gasteiger partial charge in [0.1, 0.15) is 22.9 Å². The van der Waals surface area contributed by atoms with Crippen molar-refractivity contribution in [2.75, 3.05) is 17.2 Å². The van der Waals surface area contributed by atoms with E-state index in [1.54, 1.807) is 0 Å². The first-order chi connectivity index (χ1) is 14.8. The first-order valence-electron chi connectivity index (χ1n) is 8.51. The first kappa shape index (κ1) is 21.6. The minimum Gasteiger partial charge on any atom is -0.477 e. The van der Waals surface area contributed by atoms with Gasteiger partial charge in [0, 0.05) is 10.7 Å². The van der Waals surface area contributed by atoms with Crippen molar-refractivity contribution in [2.24, 2.45) is 0 Å². The molecule has 1 fully saturated rings. The number of halogens is 2. The number of nitrogens with one attached hydrogen (secondary N) is 2. The lowest BCUT2D eigenvalue weighted by Crippen LogP contribution is -2.70. The maximum atomic E-state index is 12.5. The fourth-order valence-electron chi connectivity index (χ4n) is 3.01. The molecule has 11 nitrogen and oxygen atoms in total. The molecule has 2 aliphatic heterocycles. The summed E-state index contributed by atoms with van der Waals surface area (Å²) in [5.74, 6) is -5.50. The Hall–Kier alpha value is -2.59. The van der Waals surface area contributed by atoms with Gasteiger partial charge in [0.15, 0.2) is 10.8 Å². The van der Waals surface area contributed by atoms with Gasteiger partial charge in [-0.2, -0.15) is 13.9 Å². The normalized spacial score (nSPS) is 20.7. The van der Waals surface area contributed by atoms with Crippen LogP contribution in [0.25, 0.3) is 11.0 Å². The lowest BCUT2D eigenvalue weighted by atomic mass is 10.1. The summed E-state index contributed by atoms with van der Waals surface area (Å²) in [7, 11) is 0. The number of hydrogen-bond acceptors (Lipinski definition) is 10. The molecule has 2 amide bonds. The van der Waals surface area contributed by atoms with E-state index in [0.29, 0.717) is 15.9 Å². The van der Waals surface area contributed by atoms with Crippen LogP contribution in [-0.2, 0) is 14.4 Å². The second-order valence-corrected chi connectivity index (χ2v) is 9.37. The zero-order valence-electron chi connectivity index (χ0n) is 15.2. The van der Waals surface area contributed by atoms with Gasteiger partial charge in [0.25, 0.3) is 11.7 Å². The van der Waals surface area contributed by atoms with Gasteiger partial charge in [-0.05, 0) is 0 Å². The van der Waals surface area contributed by atoms with Crippen LogP contribution in [0, 0.1) is 0 Å². The number of hydrogen-bond donors (Lipinski definition) is 4. The van der Waals surface area contributed by atoms with E-state index < -0.39 is 40.7 Å². The number of β-lactam (4-membered cyclic amide) rings is 1. The Labute approximate surface area is 185 Å². The maximum absolute atomic E-state index is 12.5. The van der Waals surface area contributed by atoms with Crippen molar-refractivity contribution in [3.8, 4) is 0 Å². The van der Waals surface area contributed by atoms with Crippen molar-refractivity contribution < 1.29 is 28.3 Å². The Morgan fingerprint density at radius 2 is 2.23 bits per heavy atom. The summed E-state index contributed by atoms with van der Waals surface area (Å²) >= 11 is 2.34. The number of thioether (sulfide) groups is 3. The number of carboxylic acids is 1. The van der Waals surface area contributed by atoms with Gasteiger partial charge in [0.2, 0.25) is 5.91 Å². The summed E-state index contributed by atoms with van der Waals surface area (Å²) in [5, 5.41) is 18.6. The van der Waals surface area contributed by atoms with E-state index in [0.717, 1.165) is 16.7 Å². The molecule has 2 aromatic heterocycles. The number of alkyl halides is 2. The van der Waals surface area contributed by atoms with Crippen LogP contribution in [0.2, 0.25) is 0 Å². The number of H-pyrrole nitrogens is 1. The van der Waals surface area contributed by atoms with Gasteiger partial charge >= 0.3 is 5.97 Å². The van der Waals surface area contributed by atoms with Gasteiger partial charge in [-0.15, -0.1) is 11.8 Å². The largest absolute Gasteiger partial charge is 0.477 e. The number of aromatic amines is 1. The van der Waals surface area contributed by atoms with Crippen molar-refractivity contribution >= 4 is 69.9 Å².